The summed E-state index contributed by atoms with van der Waals surface area (Å²) in [4.78, 5) is 0. The first-order chi connectivity index (χ1) is 23.5. The monoisotopic (exact) mass is 652 g/mol. The Morgan fingerprint density at radius 3 is 1.23 bits per heavy atom. The fourth-order valence-electron chi connectivity index (χ4n) is 7.55. The molecule has 0 unspecified atom stereocenters. The molecule has 0 radical (unpaired) electrons. The molecule has 2 aromatic rings. The lowest BCUT2D eigenvalue weighted by Crippen LogP contribution is -2.49. The van der Waals surface area contributed by atoms with Crippen molar-refractivity contribution < 1.29 is 25.2 Å². The Morgan fingerprint density at radius 2 is 0.917 bits per heavy atom. The molecular weight excluding hydrogens is 592 g/mol. The second kappa shape index (κ2) is 10.2. The first-order valence-corrected chi connectivity index (χ1v) is 17.5. The van der Waals surface area contributed by atoms with Crippen LogP contribution in [0.2, 0.25) is 0 Å². The molecule has 0 saturated carbocycles. The van der Waals surface area contributed by atoms with Crippen LogP contribution >= 0.6 is 0 Å². The van der Waals surface area contributed by atoms with Crippen LogP contribution in [0, 0.1) is 10.8 Å². The minimum absolute atomic E-state index is 0.146. The normalized spacial score (nSPS) is 35.4. The van der Waals surface area contributed by atoms with Crippen LogP contribution in [-0.2, 0) is 36.5 Å². The largest absolute Gasteiger partial charge is 0.479 e. The van der Waals surface area contributed by atoms with Gasteiger partial charge in [-0.05, 0) is 89.5 Å². The average Bonchev–Trinajstić information content (AvgIpc) is 3.55. The number of aliphatic hydroxyl groups is 2. The van der Waals surface area contributed by atoms with Gasteiger partial charge in [0.05, 0.1) is 2.74 Å². The van der Waals surface area contributed by atoms with Gasteiger partial charge in [0, 0.05) is 28.4 Å². The molecule has 3 aliphatic heterocycles. The Labute approximate surface area is 294 Å². The fourth-order valence-corrected chi connectivity index (χ4v) is 7.55. The molecule has 256 valence electrons. The third-order valence-corrected chi connectivity index (χ3v) is 10.7. The van der Waals surface area contributed by atoms with Gasteiger partial charge in [-0.3, -0.25) is 0 Å². The smallest absolute Gasteiger partial charge is 0.161 e. The molecule has 0 saturated heterocycles. The molecule has 6 atom stereocenters. The van der Waals surface area contributed by atoms with Crippen molar-refractivity contribution in [2.24, 2.45) is 10.8 Å². The number of ether oxygens (including phenoxy) is 2. The molecule has 48 heavy (non-hydrogen) atoms. The van der Waals surface area contributed by atoms with Crippen molar-refractivity contribution in [3.05, 3.63) is 104 Å². The number of hydrogen-bond donors (Lipinski definition) is 2. The van der Waals surface area contributed by atoms with Gasteiger partial charge in [0.1, 0.15) is 23.7 Å². The second-order valence-corrected chi connectivity index (χ2v) is 18.8. The van der Waals surface area contributed by atoms with Crippen molar-refractivity contribution in [1.82, 2.24) is 0 Å². The summed E-state index contributed by atoms with van der Waals surface area (Å²) < 4.78 is 53.6. The molecule has 2 spiro atoms. The minimum Gasteiger partial charge on any atom is -0.479 e. The molecule has 4 nitrogen and oxygen atoms in total. The predicted molar refractivity (Wildman–Crippen MR) is 195 cm³/mol. The lowest BCUT2D eigenvalue weighted by atomic mass is 9.71. The van der Waals surface area contributed by atoms with Crippen LogP contribution in [0.5, 0.6) is 11.5 Å². The Morgan fingerprint density at radius 1 is 0.583 bits per heavy atom. The van der Waals surface area contributed by atoms with E-state index in [1.807, 2.05) is 36.4 Å². The molecule has 2 aromatic carbocycles. The molecule has 0 fully saturated rings. The van der Waals surface area contributed by atoms with Gasteiger partial charge in [0.25, 0.3) is 0 Å². The topological polar surface area (TPSA) is 58.9 Å². The number of benzene rings is 2. The first kappa shape index (κ1) is 28.7. The zero-order valence-corrected chi connectivity index (χ0v) is 30.9. The van der Waals surface area contributed by atoms with Crippen LogP contribution < -0.4 is 9.47 Å². The van der Waals surface area contributed by atoms with E-state index in [0.29, 0.717) is 22.6 Å². The van der Waals surface area contributed by atoms with Crippen molar-refractivity contribution in [3.8, 4) is 11.5 Å². The van der Waals surface area contributed by atoms with Gasteiger partial charge in [-0.2, -0.15) is 0 Å². The third kappa shape index (κ3) is 5.33. The minimum atomic E-state index is -2.38. The number of rotatable bonds is 0. The summed E-state index contributed by atoms with van der Waals surface area (Å²) in [6.45, 7) is 25.0. The van der Waals surface area contributed by atoms with Gasteiger partial charge in [0.15, 0.2) is 11.2 Å². The highest BCUT2D eigenvalue weighted by molar-refractivity contribution is 5.60. The summed E-state index contributed by atoms with van der Waals surface area (Å²) in [5.74, 6) is 0.758. The maximum absolute atomic E-state index is 12.7. The van der Waals surface area contributed by atoms with Crippen molar-refractivity contribution in [2.75, 3.05) is 0 Å². The predicted octanol–water partition coefficient (Wildman–Crippen LogP) is 8.97. The molecule has 5 aliphatic rings. The van der Waals surface area contributed by atoms with E-state index in [4.69, 9.17) is 9.47 Å². The van der Waals surface area contributed by atoms with Crippen molar-refractivity contribution in [2.45, 2.75) is 143 Å². The Balaban J connectivity index is 1.62. The lowest BCUT2D eigenvalue weighted by Gasteiger charge is -2.40. The van der Waals surface area contributed by atoms with Crippen LogP contribution in [0.15, 0.2) is 70.9 Å². The second-order valence-electron chi connectivity index (χ2n) is 18.8. The summed E-state index contributed by atoms with van der Waals surface area (Å²) in [7, 11) is 0. The highest BCUT2D eigenvalue weighted by Crippen LogP contribution is 2.53. The zero-order chi connectivity index (χ0) is 38.6. The van der Waals surface area contributed by atoms with Crippen molar-refractivity contribution in [1.29, 1.82) is 0 Å². The Hall–Kier alpha value is -3.08. The van der Waals surface area contributed by atoms with E-state index in [0.717, 1.165) is 33.4 Å². The average molecular weight is 653 g/mol. The van der Waals surface area contributed by atoms with Crippen molar-refractivity contribution in [3.63, 3.8) is 0 Å². The van der Waals surface area contributed by atoms with Crippen LogP contribution in [0.3, 0.4) is 0 Å². The lowest BCUT2D eigenvalue weighted by molar-refractivity contribution is 0.00717. The molecule has 2 aliphatic carbocycles. The fraction of sp³-hybridized carbons (Fsp3) is 0.545. The van der Waals surface area contributed by atoms with Gasteiger partial charge in [-0.15, -0.1) is 0 Å². The summed E-state index contributed by atoms with van der Waals surface area (Å²) >= 11 is 0. The molecule has 4 heteroatoms. The van der Waals surface area contributed by atoms with Gasteiger partial charge in [-0.25, -0.2) is 0 Å². The van der Waals surface area contributed by atoms with Crippen LogP contribution in [0.25, 0.3) is 0 Å². The summed E-state index contributed by atoms with van der Waals surface area (Å²) in [6, 6.07) is 7.96. The highest BCUT2D eigenvalue weighted by Gasteiger charge is 2.52. The quantitative estimate of drug-likeness (QED) is 0.298. The number of fused-ring (bicyclic) bond motifs is 2. The van der Waals surface area contributed by atoms with Gasteiger partial charge < -0.3 is 19.7 Å². The Kier molecular flexibility index (Phi) is 6.12. The van der Waals surface area contributed by atoms with E-state index in [1.54, 1.807) is 12.2 Å². The van der Waals surface area contributed by atoms with Crippen molar-refractivity contribution >= 4 is 0 Å². The van der Waals surface area contributed by atoms with Crippen LogP contribution in [-0.4, -0.2) is 33.6 Å². The molecule has 0 amide bonds. The standard InChI is InChI=1S/C44H56O4/c1-39(2,3)31-15-25-13-27-17-33(41(7,8)9)24-44(37(27)45)22-30-20-32(40(4,5)6)16-26(36(30)48-44)14-28-18-34(42(10,11)12)23-43(38(28)46)21-29(19-31)35(25)47-43/h15-20,23-24,37-38,45-46H,13-14,21-22H2,1-12H3/t37-,38+,43-,44+/i13D,14D,37D,38D/t13-,14+,37-,38+,43-,44+. The zero-order valence-electron chi connectivity index (χ0n) is 34.9. The van der Waals surface area contributed by atoms with Gasteiger partial charge >= 0.3 is 0 Å². The molecule has 0 aromatic heterocycles. The summed E-state index contributed by atoms with van der Waals surface area (Å²) in [5.41, 5.74) is 1.61. The summed E-state index contributed by atoms with van der Waals surface area (Å²) in [6.07, 6.45) is 0.362. The maximum atomic E-state index is 12.7. The molecule has 2 N–H and O–H groups in total. The van der Waals surface area contributed by atoms with E-state index in [9.17, 15) is 15.7 Å². The third-order valence-electron chi connectivity index (χ3n) is 10.7. The van der Waals surface area contributed by atoms with E-state index < -0.39 is 47.0 Å². The molecule has 3 heterocycles. The van der Waals surface area contributed by atoms with E-state index >= 15 is 0 Å². The molecule has 7 rings (SSSR count). The van der Waals surface area contributed by atoms with Gasteiger partial charge in [-0.1, -0.05) is 120 Å². The van der Waals surface area contributed by atoms with E-state index in [1.165, 1.54) is 0 Å². The van der Waals surface area contributed by atoms with Crippen LogP contribution in [0.1, 0.15) is 122 Å². The maximum Gasteiger partial charge on any atom is 0.161 e. The highest BCUT2D eigenvalue weighted by atomic mass is 16.5. The molecule has 6 bridgehead atoms. The Bertz CT molecular complexity index is 1880. The number of allylic oxidation sites excluding steroid dienone is 4. The first-order valence-electron chi connectivity index (χ1n) is 19.6. The number of hydrogen-bond acceptors (Lipinski definition) is 4. The van der Waals surface area contributed by atoms with E-state index in [2.05, 4.69) is 83.1 Å². The summed E-state index contributed by atoms with van der Waals surface area (Å²) in [5, 5.41) is 25.3. The molecular formula is C44H56O4. The van der Waals surface area contributed by atoms with Crippen LogP contribution in [0.4, 0.5) is 0 Å². The van der Waals surface area contributed by atoms with Gasteiger partial charge in [0.2, 0.25) is 0 Å². The van der Waals surface area contributed by atoms with E-state index in [-0.39, 0.29) is 34.8 Å². The SMILES string of the molecule is [2H][C@@H]1C2=CC(C(C)(C)C)=C[C@]3(Cc4cc(C(C)(C)C)cc(c4O3)[C@@H]([2H])C3=CC(C(C)(C)C)=C[C@@]4(Cc5cc(C(C)(C)C)cc1c5O4)[C@]3([2H])O)[C@@]2([2H])O.